The van der Waals surface area contributed by atoms with E-state index in [0.29, 0.717) is 16.0 Å². The Morgan fingerprint density at radius 2 is 1.76 bits per heavy atom. The third-order valence-electron chi connectivity index (χ3n) is 4.65. The lowest BCUT2D eigenvalue weighted by molar-refractivity contribution is 0.491. The van der Waals surface area contributed by atoms with Crippen molar-refractivity contribution in [3.63, 3.8) is 0 Å². The molecule has 0 saturated carbocycles. The lowest BCUT2D eigenvalue weighted by Crippen LogP contribution is -2.40. The Hall–Kier alpha value is -2.21. The Labute approximate surface area is 175 Å². The second-order valence-corrected chi connectivity index (χ2v) is 9.32. The van der Waals surface area contributed by atoms with Crippen molar-refractivity contribution in [2.24, 2.45) is 0 Å². The summed E-state index contributed by atoms with van der Waals surface area (Å²) in [4.78, 5) is 5.04. The van der Waals surface area contributed by atoms with Gasteiger partial charge in [-0.15, -0.1) is 4.72 Å². The van der Waals surface area contributed by atoms with Gasteiger partial charge in [-0.1, -0.05) is 31.2 Å². The highest BCUT2D eigenvalue weighted by molar-refractivity contribution is 7.89. The molecule has 0 radical (unpaired) electrons. The molecule has 5 heteroatoms. The van der Waals surface area contributed by atoms with Crippen LogP contribution < -0.4 is 4.72 Å². The summed E-state index contributed by atoms with van der Waals surface area (Å²) in [6, 6.07) is 14.5. The van der Waals surface area contributed by atoms with Crippen molar-refractivity contribution in [1.82, 2.24) is 9.71 Å². The first-order valence-corrected chi connectivity index (χ1v) is 10.9. The SMILES string of the molecule is CCc1cc(-c2ccc(-c3ccccc3[S+]([O-])NC(C)(C)C)cc2F)cnc1C. The molecule has 0 saturated heterocycles. The molecule has 1 unspecified atom stereocenters. The Kier molecular flexibility index (Phi) is 6.42. The van der Waals surface area contributed by atoms with Gasteiger partial charge in [0.2, 0.25) is 0 Å². The summed E-state index contributed by atoms with van der Waals surface area (Å²) in [7, 11) is 0. The lowest BCUT2D eigenvalue weighted by Gasteiger charge is -2.23. The fraction of sp³-hybridized carbons (Fsp3) is 0.292. The van der Waals surface area contributed by atoms with E-state index in [-0.39, 0.29) is 11.4 Å². The van der Waals surface area contributed by atoms with Crippen LogP contribution in [0.4, 0.5) is 4.39 Å². The zero-order chi connectivity index (χ0) is 21.2. The van der Waals surface area contributed by atoms with Crippen LogP contribution in [0.1, 0.15) is 39.0 Å². The zero-order valence-electron chi connectivity index (χ0n) is 17.5. The van der Waals surface area contributed by atoms with Gasteiger partial charge < -0.3 is 4.55 Å². The van der Waals surface area contributed by atoms with Crippen LogP contribution >= 0.6 is 0 Å². The van der Waals surface area contributed by atoms with Crippen LogP contribution in [0.15, 0.2) is 59.6 Å². The largest absolute Gasteiger partial charge is 0.593 e. The van der Waals surface area contributed by atoms with E-state index in [4.69, 9.17) is 0 Å². The molecule has 1 heterocycles. The summed E-state index contributed by atoms with van der Waals surface area (Å²) >= 11 is -1.40. The second-order valence-electron chi connectivity index (χ2n) is 8.13. The number of hydrogen-bond donors (Lipinski definition) is 1. The number of pyridine rings is 1. The monoisotopic (exact) mass is 410 g/mol. The number of benzene rings is 2. The van der Waals surface area contributed by atoms with Crippen LogP contribution in [0.5, 0.6) is 0 Å². The average Bonchev–Trinajstić information content (AvgIpc) is 2.67. The van der Waals surface area contributed by atoms with E-state index >= 15 is 4.39 Å². The smallest absolute Gasteiger partial charge is 0.181 e. The highest BCUT2D eigenvalue weighted by atomic mass is 32.2. The van der Waals surface area contributed by atoms with Crippen molar-refractivity contribution in [2.75, 3.05) is 0 Å². The Morgan fingerprint density at radius 1 is 1.03 bits per heavy atom. The van der Waals surface area contributed by atoms with E-state index in [1.807, 2.05) is 64.1 Å². The number of nitrogens with one attached hydrogen (secondary N) is 1. The van der Waals surface area contributed by atoms with Gasteiger partial charge in [-0.3, -0.25) is 4.98 Å². The molecule has 0 amide bonds. The van der Waals surface area contributed by atoms with Crippen LogP contribution in [0, 0.1) is 12.7 Å². The van der Waals surface area contributed by atoms with Gasteiger partial charge in [-0.2, -0.15) is 0 Å². The maximum absolute atomic E-state index is 15.0. The quantitative estimate of drug-likeness (QED) is 0.538. The van der Waals surface area contributed by atoms with E-state index in [1.54, 1.807) is 12.3 Å². The maximum atomic E-state index is 15.0. The Morgan fingerprint density at radius 3 is 2.41 bits per heavy atom. The average molecular weight is 411 g/mol. The van der Waals surface area contributed by atoms with Crippen LogP contribution in [-0.4, -0.2) is 15.1 Å². The summed E-state index contributed by atoms with van der Waals surface area (Å²) in [5.41, 5.74) is 4.51. The van der Waals surface area contributed by atoms with Gasteiger partial charge in [0.05, 0.1) is 16.9 Å². The van der Waals surface area contributed by atoms with E-state index in [2.05, 4.69) is 16.6 Å². The number of aryl methyl sites for hydroxylation is 2. The molecule has 0 spiro atoms. The third kappa shape index (κ3) is 5.04. The summed E-state index contributed by atoms with van der Waals surface area (Å²) < 4.78 is 31.0. The van der Waals surface area contributed by atoms with E-state index < -0.39 is 11.4 Å². The fourth-order valence-corrected chi connectivity index (χ4v) is 4.45. The highest BCUT2D eigenvalue weighted by Crippen LogP contribution is 2.32. The van der Waals surface area contributed by atoms with Gasteiger partial charge in [0.25, 0.3) is 0 Å². The molecule has 1 atom stereocenters. The molecule has 3 rings (SSSR count). The number of halogens is 1. The predicted octanol–water partition coefficient (Wildman–Crippen LogP) is 5.84. The lowest BCUT2D eigenvalue weighted by atomic mass is 9.99. The van der Waals surface area contributed by atoms with Crippen molar-refractivity contribution in [2.45, 2.75) is 51.5 Å². The van der Waals surface area contributed by atoms with E-state index in [0.717, 1.165) is 28.8 Å². The molecule has 0 aliphatic carbocycles. The molecule has 3 nitrogen and oxygen atoms in total. The standard InChI is InChI=1S/C24H27FN2OS/c1-6-17-13-19(15-26-16(17)2)20-12-11-18(14-22(20)25)21-9-7-8-10-23(21)29(28)27-24(3,4)5/h7-15,27H,6H2,1-5H3. The molecule has 1 N–H and O–H groups in total. The molecular weight excluding hydrogens is 383 g/mol. The maximum Gasteiger partial charge on any atom is 0.181 e. The third-order valence-corrected chi connectivity index (χ3v) is 6.20. The molecule has 29 heavy (non-hydrogen) atoms. The molecule has 0 fully saturated rings. The van der Waals surface area contributed by atoms with Gasteiger partial charge in [-0.25, -0.2) is 4.39 Å². The summed E-state index contributed by atoms with van der Waals surface area (Å²) in [6.07, 6.45) is 2.56. The van der Waals surface area contributed by atoms with Crippen molar-refractivity contribution in [3.05, 3.63) is 71.8 Å². The Balaban J connectivity index is 2.00. The fourth-order valence-electron chi connectivity index (χ4n) is 3.20. The predicted molar refractivity (Wildman–Crippen MR) is 118 cm³/mol. The number of hydrogen-bond acceptors (Lipinski definition) is 3. The molecule has 0 aliphatic rings. The summed E-state index contributed by atoms with van der Waals surface area (Å²) in [6.45, 7) is 9.91. The van der Waals surface area contributed by atoms with Crippen LogP contribution in [0.3, 0.4) is 0 Å². The van der Waals surface area contributed by atoms with Crippen LogP contribution in [0.25, 0.3) is 22.3 Å². The highest BCUT2D eigenvalue weighted by Gasteiger charge is 2.24. The molecule has 2 aromatic carbocycles. The van der Waals surface area contributed by atoms with Gasteiger partial charge in [0.1, 0.15) is 5.82 Å². The molecule has 0 aliphatic heterocycles. The normalized spacial score (nSPS) is 12.8. The van der Waals surface area contributed by atoms with Gasteiger partial charge in [-0.05, 0) is 69.5 Å². The van der Waals surface area contributed by atoms with E-state index in [9.17, 15) is 4.55 Å². The minimum Gasteiger partial charge on any atom is -0.593 e. The number of rotatable bonds is 5. The molecular formula is C24H27FN2OS. The Bertz CT molecular complexity index is 1010. The first kappa shape index (κ1) is 21.5. The van der Waals surface area contributed by atoms with Crippen LogP contribution in [0.2, 0.25) is 0 Å². The van der Waals surface area contributed by atoms with Crippen molar-refractivity contribution >= 4 is 11.4 Å². The van der Waals surface area contributed by atoms with Crippen LogP contribution in [-0.2, 0) is 17.8 Å². The topological polar surface area (TPSA) is 48.0 Å². The minimum atomic E-state index is -1.40. The summed E-state index contributed by atoms with van der Waals surface area (Å²) in [5.74, 6) is -0.320. The molecule has 3 aromatic rings. The molecule has 1 aromatic heterocycles. The zero-order valence-corrected chi connectivity index (χ0v) is 18.4. The van der Waals surface area contributed by atoms with Gasteiger partial charge >= 0.3 is 0 Å². The summed E-state index contributed by atoms with van der Waals surface area (Å²) in [5, 5.41) is 0. The number of aromatic nitrogens is 1. The van der Waals surface area contributed by atoms with Crippen molar-refractivity contribution < 1.29 is 8.94 Å². The van der Waals surface area contributed by atoms with Crippen molar-refractivity contribution in [3.8, 4) is 22.3 Å². The van der Waals surface area contributed by atoms with Crippen molar-refractivity contribution in [1.29, 1.82) is 0 Å². The first-order chi connectivity index (χ1) is 13.7. The first-order valence-electron chi connectivity index (χ1n) is 9.74. The molecule has 0 bridgehead atoms. The second kappa shape index (κ2) is 8.66. The molecule has 152 valence electrons. The number of nitrogens with zero attached hydrogens (tertiary/aromatic N) is 1. The minimum absolute atomic E-state index is 0.303. The van der Waals surface area contributed by atoms with E-state index in [1.165, 1.54) is 6.07 Å². The van der Waals surface area contributed by atoms with Gasteiger partial charge in [0, 0.05) is 28.6 Å². The van der Waals surface area contributed by atoms with Gasteiger partial charge in [0.15, 0.2) is 4.90 Å².